The van der Waals surface area contributed by atoms with Crippen molar-refractivity contribution < 1.29 is 42.8 Å². The molecule has 1 aromatic carbocycles. The van der Waals surface area contributed by atoms with Crippen LogP contribution in [0.1, 0.15) is 11.3 Å². The summed E-state index contributed by atoms with van der Waals surface area (Å²) >= 11 is 0. The molecular formula is C17H20INO3. The highest BCUT2D eigenvalue weighted by Gasteiger charge is 2.11. The highest BCUT2D eigenvalue weighted by atomic mass is 127. The maximum absolute atomic E-state index is 5.43. The molecule has 0 saturated carbocycles. The van der Waals surface area contributed by atoms with Crippen molar-refractivity contribution in [1.29, 1.82) is 0 Å². The zero-order valence-electron chi connectivity index (χ0n) is 13.2. The largest absolute Gasteiger partial charge is 1.00 e. The molecule has 0 aliphatic carbocycles. The fraction of sp³-hybridized carbons (Fsp3) is 0.235. The van der Waals surface area contributed by atoms with Crippen LogP contribution in [0.4, 0.5) is 0 Å². The van der Waals surface area contributed by atoms with Crippen molar-refractivity contribution in [1.82, 2.24) is 0 Å². The predicted molar refractivity (Wildman–Crippen MR) is 82.6 cm³/mol. The van der Waals surface area contributed by atoms with Gasteiger partial charge in [0.1, 0.15) is 24.3 Å². The van der Waals surface area contributed by atoms with E-state index in [-0.39, 0.29) is 24.0 Å². The van der Waals surface area contributed by atoms with Gasteiger partial charge in [0.05, 0.1) is 26.9 Å². The van der Waals surface area contributed by atoms with Gasteiger partial charge in [-0.2, -0.15) is 0 Å². The number of nitrogens with zero attached hydrogens (tertiary/aromatic N) is 1. The number of methoxy groups -OCH3 is 3. The molecule has 1 aromatic heterocycles. The Morgan fingerprint density at radius 1 is 0.909 bits per heavy atom. The normalized spacial score (nSPS) is 10.2. The minimum Gasteiger partial charge on any atom is -1.00 e. The second kappa shape index (κ2) is 8.63. The first-order valence-electron chi connectivity index (χ1n) is 6.62. The topological polar surface area (TPSA) is 31.6 Å². The highest BCUT2D eigenvalue weighted by molar-refractivity contribution is 5.75. The molecule has 4 nitrogen and oxygen atoms in total. The molecule has 0 amide bonds. The highest BCUT2D eigenvalue weighted by Crippen LogP contribution is 2.35. The van der Waals surface area contributed by atoms with E-state index >= 15 is 0 Å². The molecule has 0 N–H and O–H groups in total. The number of aryl methyl sites for hydroxylation is 1. The van der Waals surface area contributed by atoms with Gasteiger partial charge in [-0.3, -0.25) is 0 Å². The number of hydrogen-bond donors (Lipinski definition) is 0. The Morgan fingerprint density at radius 3 is 2.05 bits per heavy atom. The van der Waals surface area contributed by atoms with Gasteiger partial charge in [-0.25, -0.2) is 4.57 Å². The molecule has 0 spiro atoms. The van der Waals surface area contributed by atoms with Gasteiger partial charge >= 0.3 is 0 Å². The summed E-state index contributed by atoms with van der Waals surface area (Å²) in [6.45, 7) is 0. The average Bonchev–Trinajstić information content (AvgIpc) is 2.53. The molecular weight excluding hydrogens is 393 g/mol. The predicted octanol–water partition coefficient (Wildman–Crippen LogP) is -0.289. The SMILES string of the molecule is COc1cc(OC)c(/C=C\c2cccc[n+]2C)c(OC)c1.[I-]. The van der Waals surface area contributed by atoms with Gasteiger partial charge in [0, 0.05) is 30.3 Å². The Hall–Kier alpha value is -1.76. The van der Waals surface area contributed by atoms with E-state index in [1.165, 1.54) is 0 Å². The van der Waals surface area contributed by atoms with E-state index in [1.54, 1.807) is 21.3 Å². The molecule has 5 heteroatoms. The van der Waals surface area contributed by atoms with Gasteiger partial charge in [0.25, 0.3) is 0 Å². The van der Waals surface area contributed by atoms with Crippen molar-refractivity contribution in [2.45, 2.75) is 0 Å². The zero-order valence-corrected chi connectivity index (χ0v) is 15.3. The minimum absolute atomic E-state index is 0. The molecule has 22 heavy (non-hydrogen) atoms. The van der Waals surface area contributed by atoms with E-state index in [0.717, 1.165) is 11.3 Å². The maximum atomic E-state index is 5.43. The van der Waals surface area contributed by atoms with Crippen LogP contribution >= 0.6 is 0 Å². The molecule has 0 atom stereocenters. The number of hydrogen-bond acceptors (Lipinski definition) is 3. The van der Waals surface area contributed by atoms with E-state index in [0.29, 0.717) is 17.2 Å². The molecule has 0 fully saturated rings. The lowest BCUT2D eigenvalue weighted by molar-refractivity contribution is -0.673. The quantitative estimate of drug-likeness (QED) is 0.499. The molecule has 0 aliphatic rings. The van der Waals surface area contributed by atoms with Crippen LogP contribution in [0.25, 0.3) is 12.2 Å². The first-order chi connectivity index (χ1) is 10.2. The fourth-order valence-electron chi connectivity index (χ4n) is 2.08. The summed E-state index contributed by atoms with van der Waals surface area (Å²) in [5.41, 5.74) is 1.96. The van der Waals surface area contributed by atoms with Gasteiger partial charge in [-0.05, 0) is 12.1 Å². The second-order valence-corrected chi connectivity index (χ2v) is 4.52. The summed E-state index contributed by atoms with van der Waals surface area (Å²) < 4.78 is 18.2. The van der Waals surface area contributed by atoms with E-state index in [4.69, 9.17) is 14.2 Å². The first kappa shape index (κ1) is 18.3. The van der Waals surface area contributed by atoms with Crippen LogP contribution in [0.5, 0.6) is 17.2 Å². The zero-order chi connectivity index (χ0) is 15.2. The van der Waals surface area contributed by atoms with E-state index in [1.807, 2.05) is 60.3 Å². The molecule has 1 heterocycles. The summed E-state index contributed by atoms with van der Waals surface area (Å²) in [4.78, 5) is 0. The van der Waals surface area contributed by atoms with Crippen LogP contribution in [0.3, 0.4) is 0 Å². The summed E-state index contributed by atoms with van der Waals surface area (Å²) in [6.07, 6.45) is 6.00. The molecule has 0 aliphatic heterocycles. The smallest absolute Gasteiger partial charge is 0.204 e. The van der Waals surface area contributed by atoms with Crippen LogP contribution < -0.4 is 42.8 Å². The van der Waals surface area contributed by atoms with Gasteiger partial charge < -0.3 is 38.2 Å². The van der Waals surface area contributed by atoms with Crippen LogP contribution in [0.15, 0.2) is 36.5 Å². The maximum Gasteiger partial charge on any atom is 0.204 e. The van der Waals surface area contributed by atoms with Gasteiger partial charge in [0.15, 0.2) is 6.20 Å². The third kappa shape index (κ3) is 4.13. The van der Waals surface area contributed by atoms with Crippen LogP contribution in [-0.2, 0) is 7.05 Å². The Bertz CT molecular complexity index is 631. The van der Waals surface area contributed by atoms with Crippen molar-refractivity contribution in [3.63, 3.8) is 0 Å². The van der Waals surface area contributed by atoms with Crippen molar-refractivity contribution in [3.05, 3.63) is 47.8 Å². The lowest BCUT2D eigenvalue weighted by atomic mass is 10.1. The molecule has 0 unspecified atom stereocenters. The van der Waals surface area contributed by atoms with Crippen molar-refractivity contribution in [3.8, 4) is 17.2 Å². The summed E-state index contributed by atoms with van der Waals surface area (Å²) in [5.74, 6) is 2.12. The van der Waals surface area contributed by atoms with Crippen molar-refractivity contribution in [2.75, 3.05) is 21.3 Å². The number of aromatic nitrogens is 1. The number of pyridine rings is 1. The number of rotatable bonds is 5. The molecule has 2 rings (SSSR count). The molecule has 0 radical (unpaired) electrons. The third-order valence-electron chi connectivity index (χ3n) is 3.27. The monoisotopic (exact) mass is 413 g/mol. The lowest BCUT2D eigenvalue weighted by Gasteiger charge is -2.12. The fourth-order valence-corrected chi connectivity index (χ4v) is 2.08. The molecule has 118 valence electrons. The lowest BCUT2D eigenvalue weighted by Crippen LogP contribution is -3.00. The molecule has 0 saturated heterocycles. The number of ether oxygens (including phenoxy) is 3. The van der Waals surface area contributed by atoms with Crippen molar-refractivity contribution in [2.24, 2.45) is 7.05 Å². The Kier molecular flexibility index (Phi) is 7.17. The Labute approximate surface area is 148 Å². The van der Waals surface area contributed by atoms with Crippen LogP contribution in [0.2, 0.25) is 0 Å². The molecule has 2 aromatic rings. The summed E-state index contributed by atoms with van der Waals surface area (Å²) in [5, 5.41) is 0. The third-order valence-corrected chi connectivity index (χ3v) is 3.27. The van der Waals surface area contributed by atoms with Gasteiger partial charge in [-0.15, -0.1) is 0 Å². The molecule has 0 bridgehead atoms. The first-order valence-corrected chi connectivity index (χ1v) is 6.62. The van der Waals surface area contributed by atoms with Crippen LogP contribution in [0, 0.1) is 0 Å². The Balaban J connectivity index is 0.00000242. The second-order valence-electron chi connectivity index (χ2n) is 4.52. The van der Waals surface area contributed by atoms with Gasteiger partial charge in [-0.1, -0.05) is 0 Å². The minimum atomic E-state index is 0. The van der Waals surface area contributed by atoms with E-state index < -0.39 is 0 Å². The van der Waals surface area contributed by atoms with E-state index in [9.17, 15) is 0 Å². The summed E-state index contributed by atoms with van der Waals surface area (Å²) in [7, 11) is 6.89. The average molecular weight is 413 g/mol. The van der Waals surface area contributed by atoms with Crippen molar-refractivity contribution >= 4 is 12.2 Å². The van der Waals surface area contributed by atoms with E-state index in [2.05, 4.69) is 0 Å². The standard InChI is InChI=1S/C17H20NO3.HI/c1-18-10-6-5-7-13(18)8-9-15-16(20-3)11-14(19-2)12-17(15)21-4;/h5-12H,1-4H3;1H/q+1;/p-1/b9-8-;. The number of halogens is 1. The number of benzene rings is 1. The Morgan fingerprint density at radius 2 is 1.55 bits per heavy atom. The summed E-state index contributed by atoms with van der Waals surface area (Å²) in [6, 6.07) is 9.72. The van der Waals surface area contributed by atoms with Gasteiger partial charge in [0.2, 0.25) is 5.69 Å². The van der Waals surface area contributed by atoms with Crippen LogP contribution in [-0.4, -0.2) is 21.3 Å².